The number of rotatable bonds is 3. The van der Waals surface area contributed by atoms with E-state index in [1.807, 2.05) is 5.38 Å². The van der Waals surface area contributed by atoms with Crippen molar-refractivity contribution >= 4 is 11.3 Å². The number of aromatic nitrogens is 1. The van der Waals surface area contributed by atoms with Gasteiger partial charge >= 0.3 is 4.87 Å². The molecule has 5 heteroatoms. The number of H-pyrrole nitrogens is 1. The Labute approximate surface area is 93.3 Å². The van der Waals surface area contributed by atoms with Crippen LogP contribution in [0.5, 0.6) is 0 Å². The standard InChI is InChI=1S/C10H17N3OS/c1-13-4-2-3-8(6-13)11-5-9-7-15-10(14)12-9/h7-8,11H,2-6H2,1H3,(H,12,14). The summed E-state index contributed by atoms with van der Waals surface area (Å²) < 4.78 is 0. The van der Waals surface area contributed by atoms with Crippen LogP contribution in [0.3, 0.4) is 0 Å². The van der Waals surface area contributed by atoms with E-state index in [0.29, 0.717) is 6.04 Å². The van der Waals surface area contributed by atoms with Crippen LogP contribution in [0.1, 0.15) is 18.5 Å². The van der Waals surface area contributed by atoms with E-state index in [9.17, 15) is 4.79 Å². The molecule has 2 rings (SSSR count). The fourth-order valence-electron chi connectivity index (χ4n) is 1.99. The lowest BCUT2D eigenvalue weighted by molar-refractivity contribution is 0.226. The maximum Gasteiger partial charge on any atom is 0.304 e. The number of likely N-dealkylation sites (N-methyl/N-ethyl adjacent to an activating group) is 1. The van der Waals surface area contributed by atoms with Crippen LogP contribution >= 0.6 is 11.3 Å². The molecule has 1 saturated heterocycles. The second-order valence-corrected chi connectivity index (χ2v) is 5.00. The second-order valence-electron chi connectivity index (χ2n) is 4.16. The Morgan fingerprint density at radius 3 is 3.27 bits per heavy atom. The van der Waals surface area contributed by atoms with Crippen molar-refractivity contribution < 1.29 is 0 Å². The van der Waals surface area contributed by atoms with E-state index in [1.54, 1.807) is 0 Å². The molecule has 1 unspecified atom stereocenters. The van der Waals surface area contributed by atoms with Crippen molar-refractivity contribution in [3.63, 3.8) is 0 Å². The van der Waals surface area contributed by atoms with Gasteiger partial charge in [-0.3, -0.25) is 4.79 Å². The minimum absolute atomic E-state index is 0.0348. The van der Waals surface area contributed by atoms with Crippen LogP contribution in [-0.4, -0.2) is 36.1 Å². The summed E-state index contributed by atoms with van der Waals surface area (Å²) in [6.45, 7) is 3.08. The smallest absolute Gasteiger partial charge is 0.304 e. The van der Waals surface area contributed by atoms with Crippen LogP contribution in [0, 0.1) is 0 Å². The van der Waals surface area contributed by atoms with Crippen LogP contribution in [0.4, 0.5) is 0 Å². The molecular formula is C10H17N3OS. The average molecular weight is 227 g/mol. The normalized spacial score (nSPS) is 23.1. The fourth-order valence-corrected chi connectivity index (χ4v) is 2.57. The van der Waals surface area contributed by atoms with Crippen LogP contribution in [-0.2, 0) is 6.54 Å². The zero-order chi connectivity index (χ0) is 10.7. The molecular weight excluding hydrogens is 210 g/mol. The summed E-state index contributed by atoms with van der Waals surface area (Å²) >= 11 is 1.23. The van der Waals surface area contributed by atoms with E-state index >= 15 is 0 Å². The third-order valence-corrected chi connectivity index (χ3v) is 3.50. The summed E-state index contributed by atoms with van der Waals surface area (Å²) in [5, 5.41) is 5.37. The van der Waals surface area contributed by atoms with Crippen molar-refractivity contribution in [3.05, 3.63) is 20.7 Å². The monoisotopic (exact) mass is 227 g/mol. The van der Waals surface area contributed by atoms with Crippen LogP contribution in [0.2, 0.25) is 0 Å². The van der Waals surface area contributed by atoms with Gasteiger partial charge in [0.2, 0.25) is 0 Å². The second kappa shape index (κ2) is 4.92. The van der Waals surface area contributed by atoms with E-state index in [-0.39, 0.29) is 4.87 Å². The quantitative estimate of drug-likeness (QED) is 0.796. The maximum atomic E-state index is 10.9. The Morgan fingerprint density at radius 2 is 2.60 bits per heavy atom. The lowest BCUT2D eigenvalue weighted by Crippen LogP contribution is -2.43. The van der Waals surface area contributed by atoms with E-state index < -0.39 is 0 Å². The number of aromatic amines is 1. The molecule has 2 N–H and O–H groups in total. The first-order valence-electron chi connectivity index (χ1n) is 5.32. The Bertz CT molecular complexity index is 360. The van der Waals surface area contributed by atoms with Gasteiger partial charge in [0, 0.05) is 30.2 Å². The molecule has 2 heterocycles. The molecule has 1 atom stereocenters. The molecule has 1 aromatic rings. The molecule has 1 aromatic heterocycles. The zero-order valence-electron chi connectivity index (χ0n) is 8.95. The van der Waals surface area contributed by atoms with Crippen LogP contribution in [0.15, 0.2) is 10.2 Å². The fraction of sp³-hybridized carbons (Fsp3) is 0.700. The number of likely N-dealkylation sites (tertiary alicyclic amines) is 1. The van der Waals surface area contributed by atoms with Crippen LogP contribution in [0.25, 0.3) is 0 Å². The predicted octanol–water partition coefficient (Wildman–Crippen LogP) is 0.620. The number of piperidine rings is 1. The summed E-state index contributed by atoms with van der Waals surface area (Å²) in [5.41, 5.74) is 0.998. The maximum absolute atomic E-state index is 10.9. The molecule has 1 aliphatic rings. The molecule has 0 aliphatic carbocycles. The number of nitrogens with zero attached hydrogens (tertiary/aromatic N) is 1. The Balaban J connectivity index is 1.80. The summed E-state index contributed by atoms with van der Waals surface area (Å²) in [4.78, 5) is 16.1. The molecule has 0 radical (unpaired) electrons. The highest BCUT2D eigenvalue weighted by Gasteiger charge is 2.16. The van der Waals surface area contributed by atoms with Gasteiger partial charge in [-0.15, -0.1) is 0 Å². The van der Waals surface area contributed by atoms with E-state index in [2.05, 4.69) is 22.2 Å². The number of hydrogen-bond acceptors (Lipinski definition) is 4. The largest absolute Gasteiger partial charge is 0.315 e. The van der Waals surface area contributed by atoms with Gasteiger partial charge in [-0.25, -0.2) is 0 Å². The van der Waals surface area contributed by atoms with E-state index in [0.717, 1.165) is 18.8 Å². The molecule has 15 heavy (non-hydrogen) atoms. The first-order valence-corrected chi connectivity index (χ1v) is 6.20. The van der Waals surface area contributed by atoms with E-state index in [1.165, 1.54) is 30.7 Å². The number of nitrogens with one attached hydrogen (secondary N) is 2. The van der Waals surface area contributed by atoms with Crippen molar-refractivity contribution in [1.29, 1.82) is 0 Å². The first-order chi connectivity index (χ1) is 7.24. The lowest BCUT2D eigenvalue weighted by Gasteiger charge is -2.30. The number of hydrogen-bond donors (Lipinski definition) is 2. The Kier molecular flexibility index (Phi) is 3.56. The molecule has 1 fully saturated rings. The van der Waals surface area contributed by atoms with Gasteiger partial charge in [-0.2, -0.15) is 0 Å². The summed E-state index contributed by atoms with van der Waals surface area (Å²) in [6.07, 6.45) is 2.49. The summed E-state index contributed by atoms with van der Waals surface area (Å²) in [7, 11) is 2.15. The molecule has 0 bridgehead atoms. The van der Waals surface area contributed by atoms with Gasteiger partial charge in [-0.1, -0.05) is 11.3 Å². The highest BCUT2D eigenvalue weighted by atomic mass is 32.1. The lowest BCUT2D eigenvalue weighted by atomic mass is 10.1. The van der Waals surface area contributed by atoms with Gasteiger partial charge < -0.3 is 15.2 Å². The summed E-state index contributed by atoms with van der Waals surface area (Å²) in [5.74, 6) is 0. The van der Waals surface area contributed by atoms with Crippen LogP contribution < -0.4 is 10.2 Å². The van der Waals surface area contributed by atoms with Gasteiger partial charge in [0.25, 0.3) is 0 Å². The summed E-state index contributed by atoms with van der Waals surface area (Å²) in [6, 6.07) is 0.562. The van der Waals surface area contributed by atoms with Crippen molar-refractivity contribution in [2.45, 2.75) is 25.4 Å². The molecule has 1 aliphatic heterocycles. The van der Waals surface area contributed by atoms with Gasteiger partial charge in [0.05, 0.1) is 0 Å². The van der Waals surface area contributed by atoms with E-state index in [4.69, 9.17) is 0 Å². The highest BCUT2D eigenvalue weighted by Crippen LogP contribution is 2.08. The first kappa shape index (κ1) is 10.9. The predicted molar refractivity (Wildman–Crippen MR) is 62.3 cm³/mol. The third kappa shape index (κ3) is 3.15. The minimum atomic E-state index is 0.0348. The zero-order valence-corrected chi connectivity index (χ0v) is 9.77. The van der Waals surface area contributed by atoms with Crippen molar-refractivity contribution in [2.75, 3.05) is 20.1 Å². The van der Waals surface area contributed by atoms with Crippen molar-refractivity contribution in [3.8, 4) is 0 Å². The Hall–Kier alpha value is -0.650. The number of thiazole rings is 1. The van der Waals surface area contributed by atoms with Crippen molar-refractivity contribution in [1.82, 2.24) is 15.2 Å². The molecule has 0 amide bonds. The van der Waals surface area contributed by atoms with Gasteiger partial charge in [-0.05, 0) is 26.4 Å². The third-order valence-electron chi connectivity index (χ3n) is 2.78. The molecule has 4 nitrogen and oxygen atoms in total. The SMILES string of the molecule is CN1CCCC(NCc2csc(=O)[nH]2)C1. The highest BCUT2D eigenvalue weighted by molar-refractivity contribution is 7.07. The molecule has 0 spiro atoms. The molecule has 84 valence electrons. The van der Waals surface area contributed by atoms with Gasteiger partial charge in [0.1, 0.15) is 0 Å². The topological polar surface area (TPSA) is 48.1 Å². The Morgan fingerprint density at radius 1 is 1.73 bits per heavy atom. The average Bonchev–Trinajstić information content (AvgIpc) is 2.62. The van der Waals surface area contributed by atoms with Gasteiger partial charge in [0.15, 0.2) is 0 Å². The minimum Gasteiger partial charge on any atom is -0.315 e. The molecule has 0 aromatic carbocycles. The van der Waals surface area contributed by atoms with Crippen molar-refractivity contribution in [2.24, 2.45) is 0 Å². The molecule has 0 saturated carbocycles.